The molecule has 0 aliphatic carbocycles. The average molecular weight is 598 g/mol. The minimum Gasteiger partial charge on any atom is -0.456 e. The number of pyridine rings is 1. The van der Waals surface area contributed by atoms with E-state index in [-0.39, 0.29) is 12.1 Å². The van der Waals surface area contributed by atoms with E-state index >= 15 is 0 Å². The van der Waals surface area contributed by atoms with Crippen LogP contribution in [0.2, 0.25) is 19.6 Å². The van der Waals surface area contributed by atoms with Crippen LogP contribution < -0.4 is 9.75 Å². The molecule has 6 aromatic rings. The molecule has 0 unspecified atom stereocenters. The zero-order chi connectivity index (χ0) is 34.9. The number of aryl methyl sites for hydroxylation is 2. The molecule has 220 valence electrons. The monoisotopic (exact) mass is 597 g/mol. The molecule has 4 aromatic carbocycles. The fourth-order valence-corrected chi connectivity index (χ4v) is 7.62. The minimum atomic E-state index is -2.00. The lowest BCUT2D eigenvalue weighted by Crippen LogP contribution is -2.46. The Morgan fingerprint density at radius 3 is 2.14 bits per heavy atom. The van der Waals surface area contributed by atoms with Crippen molar-refractivity contribution in [3.8, 4) is 33.5 Å². The number of hydrogen-bond acceptors (Lipinski definition) is 1. The van der Waals surface area contributed by atoms with E-state index < -0.39 is 19.9 Å². The van der Waals surface area contributed by atoms with Gasteiger partial charge in [-0.25, -0.2) is 9.41 Å². The number of aromatic nitrogens is 1. The average Bonchev–Trinajstić information content (AvgIpc) is 3.38. The quantitative estimate of drug-likeness (QED) is 0.110. The first kappa shape index (κ1) is 24.9. The summed E-state index contributed by atoms with van der Waals surface area (Å²) in [5.74, 6) is 0. The lowest BCUT2D eigenvalue weighted by molar-refractivity contribution is -0.659. The molecular weight excluding hydrogens is 553 g/mol. The van der Waals surface area contributed by atoms with Gasteiger partial charge in [0.25, 0.3) is 0 Å². The Balaban J connectivity index is 1.66. The number of rotatable bonds is 5. The van der Waals surface area contributed by atoms with Crippen molar-refractivity contribution in [3.63, 3.8) is 0 Å². The zero-order valence-corrected chi connectivity index (χ0v) is 27.8. The Bertz CT molecular complexity index is 2270. The van der Waals surface area contributed by atoms with E-state index in [1.165, 1.54) is 0 Å². The highest BCUT2D eigenvalue weighted by Gasteiger charge is 2.29. The summed E-state index contributed by atoms with van der Waals surface area (Å²) in [6.07, 6.45) is 0.429. The van der Waals surface area contributed by atoms with E-state index in [4.69, 9.17) is 13.7 Å². The summed E-state index contributed by atoms with van der Waals surface area (Å²) < 4.78 is 44.9. The third-order valence-corrected chi connectivity index (χ3v) is 10.1. The zero-order valence-electron chi connectivity index (χ0n) is 30.8. The van der Waals surface area contributed by atoms with Crippen LogP contribution in [0.3, 0.4) is 0 Å². The molecule has 0 atom stereocenters. The normalized spacial score (nSPS) is 13.8. The Labute approximate surface area is 268 Å². The van der Waals surface area contributed by atoms with Crippen molar-refractivity contribution in [2.24, 2.45) is 12.5 Å². The number of benzene rings is 4. The number of fused-ring (bicyclic) bond motifs is 3. The number of furan rings is 1. The van der Waals surface area contributed by atoms with Gasteiger partial charge in [0, 0.05) is 30.3 Å². The Morgan fingerprint density at radius 1 is 0.886 bits per heavy atom. The van der Waals surface area contributed by atoms with Crippen LogP contribution in [0.1, 0.15) is 37.4 Å². The third-order valence-electron chi connectivity index (χ3n) is 8.05. The summed E-state index contributed by atoms with van der Waals surface area (Å²) in [4.78, 5) is 3.84. The maximum atomic E-state index is 9.17. The summed E-state index contributed by atoms with van der Waals surface area (Å²) in [6, 6.07) is 23.5. The second kappa shape index (κ2) is 10.9. The van der Waals surface area contributed by atoms with Crippen molar-refractivity contribution >= 4 is 40.9 Å². The van der Waals surface area contributed by atoms with Crippen LogP contribution in [-0.4, -0.2) is 8.07 Å². The standard InChI is InChI=1S/C40H41N2OSi/c1-26-15-20-30-31-21-22-33(41-5)37(29-13-11-10-12-14-29)39(31)43-38(30)36(26)34-23-32(35(25-42(34)6)44(7,8)9)28-18-16-27(17-19-28)24-40(2,3)4/h10-23,25H,24H2,1-4,6-9H3/q+1/i18D,19D,24D2. The van der Waals surface area contributed by atoms with Gasteiger partial charge in [-0.15, -0.1) is 0 Å². The molecule has 0 aliphatic heterocycles. The van der Waals surface area contributed by atoms with Crippen molar-refractivity contribution in [1.82, 2.24) is 0 Å². The smallest absolute Gasteiger partial charge is 0.216 e. The number of nitrogens with zero attached hydrogens (tertiary/aromatic N) is 2. The Hall–Kier alpha value is -4.46. The van der Waals surface area contributed by atoms with Crippen LogP contribution in [0.4, 0.5) is 5.69 Å². The highest BCUT2D eigenvalue weighted by atomic mass is 28.3. The van der Waals surface area contributed by atoms with Gasteiger partial charge in [0.2, 0.25) is 5.69 Å². The minimum absolute atomic E-state index is 0.141. The highest BCUT2D eigenvalue weighted by Crippen LogP contribution is 2.44. The van der Waals surface area contributed by atoms with Crippen LogP contribution in [0.5, 0.6) is 0 Å². The van der Waals surface area contributed by atoms with Gasteiger partial charge in [-0.1, -0.05) is 119 Å². The predicted octanol–water partition coefficient (Wildman–Crippen LogP) is 10.4. The first-order valence-corrected chi connectivity index (χ1v) is 18.5. The van der Waals surface area contributed by atoms with E-state index in [2.05, 4.69) is 60.4 Å². The van der Waals surface area contributed by atoms with Gasteiger partial charge >= 0.3 is 0 Å². The third kappa shape index (κ3) is 5.38. The van der Waals surface area contributed by atoms with Gasteiger partial charge < -0.3 is 4.42 Å². The largest absolute Gasteiger partial charge is 0.456 e. The summed E-state index contributed by atoms with van der Waals surface area (Å²) >= 11 is 0. The Kier molecular flexibility index (Phi) is 6.18. The van der Waals surface area contributed by atoms with Crippen molar-refractivity contribution in [1.29, 1.82) is 0 Å². The molecule has 4 heteroatoms. The second-order valence-electron chi connectivity index (χ2n) is 13.7. The van der Waals surface area contributed by atoms with Gasteiger partial charge in [0.1, 0.15) is 18.2 Å². The van der Waals surface area contributed by atoms with Crippen molar-refractivity contribution in [3.05, 3.63) is 114 Å². The summed E-state index contributed by atoms with van der Waals surface area (Å²) in [5, 5.41) is 3.00. The molecule has 0 radical (unpaired) electrons. The van der Waals surface area contributed by atoms with Crippen LogP contribution in [0.25, 0.3) is 60.3 Å². The molecule has 0 N–H and O–H groups in total. The molecule has 2 aromatic heterocycles. The van der Waals surface area contributed by atoms with Gasteiger partial charge in [-0.2, -0.15) is 0 Å². The van der Waals surface area contributed by atoms with E-state index in [1.54, 1.807) is 12.1 Å². The fraction of sp³-hybridized carbons (Fsp3) is 0.250. The molecule has 0 amide bonds. The molecule has 3 nitrogen and oxygen atoms in total. The molecule has 6 rings (SSSR count). The molecule has 2 heterocycles. The second-order valence-corrected chi connectivity index (χ2v) is 18.7. The van der Waals surface area contributed by atoms with Crippen LogP contribution in [0, 0.1) is 18.9 Å². The molecule has 0 spiro atoms. The topological polar surface area (TPSA) is 21.4 Å². The van der Waals surface area contributed by atoms with Crippen molar-refractivity contribution < 1.29 is 14.5 Å². The van der Waals surface area contributed by atoms with Crippen LogP contribution in [0.15, 0.2) is 95.5 Å². The first-order valence-electron chi connectivity index (χ1n) is 17.0. The summed E-state index contributed by atoms with van der Waals surface area (Å²) in [7, 11) is 0.0238. The molecule has 0 saturated heterocycles. The van der Waals surface area contributed by atoms with E-state index in [1.807, 2.05) is 70.3 Å². The van der Waals surface area contributed by atoms with Gasteiger partial charge in [-0.3, -0.25) is 0 Å². The predicted molar refractivity (Wildman–Crippen MR) is 188 cm³/mol. The fourth-order valence-electron chi connectivity index (χ4n) is 6.03. The van der Waals surface area contributed by atoms with Crippen molar-refractivity contribution in [2.75, 3.05) is 0 Å². The van der Waals surface area contributed by atoms with E-state index in [9.17, 15) is 2.74 Å². The van der Waals surface area contributed by atoms with Gasteiger partial charge in [0.05, 0.1) is 23.0 Å². The van der Waals surface area contributed by atoms with Gasteiger partial charge in [0.15, 0.2) is 11.9 Å². The SMILES string of the molecule is [2H]c1cc(C([2H])([2H])C(C)(C)C)cc([2H])c1-c1cc(-c2c(C)ccc3c2oc2c(-c4ccccc4)c([N+]#[C-])ccc23)[n+](C)cc1[Si](C)(C)C. The summed E-state index contributed by atoms with van der Waals surface area (Å²) in [5.41, 5.74) is 7.40. The van der Waals surface area contributed by atoms with Gasteiger partial charge in [-0.05, 0) is 46.5 Å². The van der Waals surface area contributed by atoms with Crippen LogP contribution >= 0.6 is 0 Å². The van der Waals surface area contributed by atoms with Crippen LogP contribution in [-0.2, 0) is 13.4 Å². The molecule has 44 heavy (non-hydrogen) atoms. The van der Waals surface area contributed by atoms with Crippen molar-refractivity contribution in [2.45, 2.75) is 53.7 Å². The summed E-state index contributed by atoms with van der Waals surface area (Å²) in [6.45, 7) is 22.3. The number of hydrogen-bond donors (Lipinski definition) is 0. The molecular formula is C40H41N2OSi+. The maximum Gasteiger partial charge on any atom is 0.216 e. The lowest BCUT2D eigenvalue weighted by atomic mass is 9.87. The first-order chi connectivity index (χ1) is 22.5. The maximum absolute atomic E-state index is 9.17. The lowest BCUT2D eigenvalue weighted by Gasteiger charge is -2.21. The van der Waals surface area contributed by atoms with E-state index in [0.29, 0.717) is 22.4 Å². The molecule has 0 aliphatic rings. The van der Waals surface area contributed by atoms with E-state index in [0.717, 1.165) is 55.1 Å². The Morgan fingerprint density at radius 2 is 1.52 bits per heavy atom. The molecule has 0 bridgehead atoms. The molecule has 0 saturated carbocycles. The highest BCUT2D eigenvalue weighted by molar-refractivity contribution is 6.89. The molecule has 0 fully saturated rings.